The lowest BCUT2D eigenvalue weighted by molar-refractivity contribution is -0.0503. The maximum Gasteiger partial charge on any atom is 0.410 e. The molecule has 2 atom stereocenters. The highest BCUT2D eigenvalue weighted by atomic mass is 16.5. The Morgan fingerprint density at radius 2 is 2.00 bits per heavy atom. The van der Waals surface area contributed by atoms with E-state index in [2.05, 4.69) is 0 Å². The second kappa shape index (κ2) is 6.03. The van der Waals surface area contributed by atoms with Crippen molar-refractivity contribution in [1.82, 2.24) is 4.90 Å². The van der Waals surface area contributed by atoms with Crippen molar-refractivity contribution in [2.24, 2.45) is 0 Å². The maximum absolute atomic E-state index is 12.0. The monoisotopic (exact) mass is 293 g/mol. The lowest BCUT2D eigenvalue weighted by Gasteiger charge is -2.39. The first-order chi connectivity index (χ1) is 9.84. The van der Waals surface area contributed by atoms with E-state index in [0.29, 0.717) is 6.54 Å². The zero-order valence-corrected chi connectivity index (χ0v) is 13.0. The molecule has 0 bridgehead atoms. The molecule has 0 saturated heterocycles. The molecule has 0 aromatic heterocycles. The fraction of sp³-hybridized carbons (Fsp3) is 0.562. The molecular formula is C16H23NO4. The summed E-state index contributed by atoms with van der Waals surface area (Å²) in [6, 6.07) is 7.63. The van der Waals surface area contributed by atoms with Gasteiger partial charge in [0.2, 0.25) is 0 Å². The zero-order valence-electron chi connectivity index (χ0n) is 13.0. The van der Waals surface area contributed by atoms with Crippen LogP contribution in [0.25, 0.3) is 0 Å². The molecule has 1 aromatic rings. The molecule has 0 spiro atoms. The third kappa shape index (κ3) is 3.36. The fourth-order valence-corrected chi connectivity index (χ4v) is 2.54. The highest BCUT2D eigenvalue weighted by Crippen LogP contribution is 2.34. The molecule has 5 nitrogen and oxygen atoms in total. The Kier molecular flexibility index (Phi) is 4.54. The average Bonchev–Trinajstić information content (AvgIpc) is 2.45. The van der Waals surface area contributed by atoms with Gasteiger partial charge in [0.05, 0.1) is 20.3 Å². The van der Waals surface area contributed by atoms with E-state index in [9.17, 15) is 9.90 Å². The van der Waals surface area contributed by atoms with Gasteiger partial charge in [-0.2, -0.15) is 0 Å². The van der Waals surface area contributed by atoms with E-state index in [1.807, 2.05) is 45.0 Å². The number of hydrogen-bond acceptors (Lipinski definition) is 4. The number of aliphatic hydroxyl groups is 1. The number of hydrogen-bond donors (Lipinski definition) is 1. The first kappa shape index (κ1) is 15.8. The second-order valence-corrected chi connectivity index (χ2v) is 6.22. The van der Waals surface area contributed by atoms with Crippen molar-refractivity contribution < 1.29 is 19.4 Å². The number of carbonyl (C=O) groups is 1. The van der Waals surface area contributed by atoms with Crippen LogP contribution in [0.2, 0.25) is 0 Å². The van der Waals surface area contributed by atoms with Gasteiger partial charge in [-0.3, -0.25) is 0 Å². The summed E-state index contributed by atoms with van der Waals surface area (Å²) in [5, 5.41) is 10.00. The van der Waals surface area contributed by atoms with Crippen LogP contribution in [0.5, 0.6) is 0 Å². The Labute approximate surface area is 125 Å². The van der Waals surface area contributed by atoms with Gasteiger partial charge >= 0.3 is 6.09 Å². The van der Waals surface area contributed by atoms with Crippen molar-refractivity contribution in [2.45, 2.75) is 38.5 Å². The first-order valence-electron chi connectivity index (χ1n) is 7.08. The normalized spacial score (nSPS) is 21.6. The number of fused-ring (bicyclic) bond motifs is 1. The van der Waals surface area contributed by atoms with E-state index in [0.717, 1.165) is 11.1 Å². The van der Waals surface area contributed by atoms with E-state index >= 15 is 0 Å². The maximum atomic E-state index is 12.0. The van der Waals surface area contributed by atoms with Gasteiger partial charge in [-0.1, -0.05) is 24.3 Å². The minimum atomic E-state index is -0.612. The third-order valence-corrected chi connectivity index (χ3v) is 3.71. The average molecular weight is 293 g/mol. The second-order valence-electron chi connectivity index (χ2n) is 6.22. The summed E-state index contributed by atoms with van der Waals surface area (Å²) in [7, 11) is 1.38. The van der Waals surface area contributed by atoms with E-state index in [1.165, 1.54) is 7.11 Å². The molecule has 0 radical (unpaired) electrons. The predicted molar refractivity (Wildman–Crippen MR) is 79.0 cm³/mol. The number of nitrogens with zero attached hydrogens (tertiary/aromatic N) is 1. The molecule has 1 aliphatic rings. The van der Waals surface area contributed by atoms with Crippen LogP contribution in [0.1, 0.15) is 44.1 Å². The number of rotatable bonds is 2. The molecule has 0 fully saturated rings. The van der Waals surface area contributed by atoms with Crippen LogP contribution in [0.4, 0.5) is 4.79 Å². The molecule has 0 aliphatic carbocycles. The molecule has 1 heterocycles. The highest BCUT2D eigenvalue weighted by molar-refractivity contribution is 5.68. The summed E-state index contributed by atoms with van der Waals surface area (Å²) in [6.45, 7) is 6.48. The minimum absolute atomic E-state index is 0.237. The number of amides is 1. The largest absolute Gasteiger partial charge is 0.453 e. The van der Waals surface area contributed by atoms with Crippen molar-refractivity contribution in [1.29, 1.82) is 0 Å². The lowest BCUT2D eigenvalue weighted by Crippen LogP contribution is -2.48. The smallest absolute Gasteiger partial charge is 0.410 e. The number of aliphatic hydroxyl groups excluding tert-OH is 1. The Hall–Kier alpha value is -1.59. The molecule has 1 aromatic carbocycles. The lowest BCUT2D eigenvalue weighted by atomic mass is 9.94. The number of carbonyl (C=O) groups excluding carboxylic acids is 1. The Bertz CT molecular complexity index is 509. The highest BCUT2D eigenvalue weighted by Gasteiger charge is 2.34. The van der Waals surface area contributed by atoms with Crippen LogP contribution in [0.15, 0.2) is 24.3 Å². The standard InChI is InChI=1S/C16H23NO4/c1-16(2,3)17(15(19)20-4)9-14-12-8-6-5-7-11(12)13(18)10-21-14/h5-8,13-14,18H,9-10H2,1-4H3. The van der Waals surface area contributed by atoms with Gasteiger partial charge in [-0.25, -0.2) is 4.79 Å². The first-order valence-corrected chi connectivity index (χ1v) is 7.08. The van der Waals surface area contributed by atoms with Crippen molar-refractivity contribution in [3.8, 4) is 0 Å². The molecule has 1 N–H and O–H groups in total. The van der Waals surface area contributed by atoms with Crippen LogP contribution in [-0.2, 0) is 9.47 Å². The Morgan fingerprint density at radius 1 is 1.38 bits per heavy atom. The van der Waals surface area contributed by atoms with Crippen LogP contribution >= 0.6 is 0 Å². The summed E-state index contributed by atoms with van der Waals surface area (Å²) in [6.07, 6.45) is -1.25. The Balaban J connectivity index is 2.26. The topological polar surface area (TPSA) is 59.0 Å². The number of benzene rings is 1. The van der Waals surface area contributed by atoms with Crippen LogP contribution < -0.4 is 0 Å². The Morgan fingerprint density at radius 3 is 2.57 bits per heavy atom. The summed E-state index contributed by atoms with van der Waals surface area (Å²) in [4.78, 5) is 13.7. The van der Waals surface area contributed by atoms with E-state index in [4.69, 9.17) is 9.47 Å². The number of ether oxygens (including phenoxy) is 2. The minimum Gasteiger partial charge on any atom is -0.453 e. The van der Waals surface area contributed by atoms with Crippen molar-refractivity contribution in [3.63, 3.8) is 0 Å². The molecule has 1 amide bonds. The molecule has 2 rings (SSSR count). The zero-order chi connectivity index (χ0) is 15.6. The van der Waals surface area contributed by atoms with Gasteiger partial charge in [-0.05, 0) is 31.9 Å². The van der Waals surface area contributed by atoms with Gasteiger partial charge < -0.3 is 19.5 Å². The van der Waals surface area contributed by atoms with Gasteiger partial charge in [0.15, 0.2) is 0 Å². The fourth-order valence-electron chi connectivity index (χ4n) is 2.54. The van der Waals surface area contributed by atoms with Crippen molar-refractivity contribution >= 4 is 6.09 Å². The van der Waals surface area contributed by atoms with Gasteiger partial charge in [0.1, 0.15) is 12.2 Å². The molecule has 116 valence electrons. The molecule has 5 heteroatoms. The summed E-state index contributed by atoms with van der Waals surface area (Å²) in [5.74, 6) is 0. The molecule has 21 heavy (non-hydrogen) atoms. The van der Waals surface area contributed by atoms with E-state index in [1.54, 1.807) is 4.90 Å². The van der Waals surface area contributed by atoms with Crippen LogP contribution in [0, 0.1) is 0 Å². The van der Waals surface area contributed by atoms with Gasteiger partial charge in [0, 0.05) is 5.54 Å². The number of methoxy groups -OCH3 is 1. The SMILES string of the molecule is COC(=O)N(CC1OCC(O)c2ccccc21)C(C)(C)C. The molecule has 0 saturated carbocycles. The third-order valence-electron chi connectivity index (χ3n) is 3.71. The predicted octanol–water partition coefficient (Wildman–Crippen LogP) is 2.66. The van der Waals surface area contributed by atoms with Gasteiger partial charge in [0.25, 0.3) is 0 Å². The molecule has 1 aliphatic heterocycles. The van der Waals surface area contributed by atoms with Crippen molar-refractivity contribution in [3.05, 3.63) is 35.4 Å². The van der Waals surface area contributed by atoms with Crippen LogP contribution in [0.3, 0.4) is 0 Å². The molecular weight excluding hydrogens is 270 g/mol. The van der Waals surface area contributed by atoms with Crippen LogP contribution in [-0.4, -0.2) is 41.9 Å². The van der Waals surface area contributed by atoms with Gasteiger partial charge in [-0.15, -0.1) is 0 Å². The quantitative estimate of drug-likeness (QED) is 0.910. The van der Waals surface area contributed by atoms with E-state index < -0.39 is 6.10 Å². The molecule has 2 unspecified atom stereocenters. The summed E-state index contributed by atoms with van der Waals surface area (Å²) < 4.78 is 10.6. The summed E-state index contributed by atoms with van der Waals surface area (Å²) in [5.41, 5.74) is 1.42. The van der Waals surface area contributed by atoms with E-state index in [-0.39, 0.29) is 24.3 Å². The summed E-state index contributed by atoms with van der Waals surface area (Å²) >= 11 is 0. The van der Waals surface area contributed by atoms with Crippen molar-refractivity contribution in [2.75, 3.05) is 20.3 Å².